The predicted molar refractivity (Wildman–Crippen MR) is 211 cm³/mol. The maximum Gasteiger partial charge on any atom is 0.323 e. The van der Waals surface area contributed by atoms with Gasteiger partial charge < -0.3 is 24.4 Å². The van der Waals surface area contributed by atoms with Crippen LogP contribution in [0.1, 0.15) is 79.1 Å². The van der Waals surface area contributed by atoms with Crippen LogP contribution in [0.15, 0.2) is 73.1 Å². The number of amides is 3. The first kappa shape index (κ1) is 39.0. The third-order valence-corrected chi connectivity index (χ3v) is 14.0. The molecule has 5 atom stereocenters. The fourth-order valence-electron chi connectivity index (χ4n) is 7.70. The lowest BCUT2D eigenvalue weighted by atomic mass is 9.91. The first-order valence-electron chi connectivity index (χ1n) is 18.8. The summed E-state index contributed by atoms with van der Waals surface area (Å²) >= 11 is 7.67. The standard InChI is InChI=1S/C40H45ClN5O7PS/c1-3-18-52-40(50)25(2)44-54(51,53-30-9-5-4-6-10-30)24-26-12-15-35-27(19-26)20-36(55-35)37(47)43-33-11-7-8-29-13-14-34(46(29)38(33)48)39(49)45-22-28(23-45)31-21-42-17-16-32(31)41/h4-6,9-10,12,15-17,19-21,25,28-29,33-34H,3,7-8,11,13-14,18,22-24H2,1-2H3,(H,43,47)(H,44,51)/t25-,29-,33-,34-,54?/m0/s1. The Morgan fingerprint density at radius 1 is 1.05 bits per heavy atom. The summed E-state index contributed by atoms with van der Waals surface area (Å²) in [4.78, 5) is 62.2. The summed E-state index contributed by atoms with van der Waals surface area (Å²) in [7, 11) is -3.68. The van der Waals surface area contributed by atoms with Crippen molar-refractivity contribution in [2.45, 2.75) is 88.6 Å². The van der Waals surface area contributed by atoms with Crippen LogP contribution in [0.2, 0.25) is 5.02 Å². The van der Waals surface area contributed by atoms with Gasteiger partial charge in [-0.2, -0.15) is 0 Å². The Balaban J connectivity index is 1.02. The van der Waals surface area contributed by atoms with Gasteiger partial charge in [-0.05, 0) is 98.4 Å². The number of halogens is 1. The van der Waals surface area contributed by atoms with E-state index in [4.69, 9.17) is 20.9 Å². The third kappa shape index (κ3) is 8.75. The van der Waals surface area contributed by atoms with Gasteiger partial charge in [0.25, 0.3) is 5.91 Å². The normalized spacial score (nSPS) is 21.6. The van der Waals surface area contributed by atoms with Crippen molar-refractivity contribution >= 4 is 64.2 Å². The van der Waals surface area contributed by atoms with Crippen molar-refractivity contribution in [1.29, 1.82) is 0 Å². The summed E-state index contributed by atoms with van der Waals surface area (Å²) in [5.74, 6) is -0.641. The van der Waals surface area contributed by atoms with Gasteiger partial charge in [-0.1, -0.05) is 42.8 Å². The molecule has 0 saturated carbocycles. The number of nitrogens with one attached hydrogen (secondary N) is 2. The topological polar surface area (TPSA) is 147 Å². The van der Waals surface area contributed by atoms with E-state index in [2.05, 4.69) is 15.4 Å². The molecule has 1 unspecified atom stereocenters. The molecule has 0 spiro atoms. The Kier molecular flexibility index (Phi) is 11.9. The second-order valence-electron chi connectivity index (χ2n) is 14.5. The molecule has 0 bridgehead atoms. The maximum atomic E-state index is 14.3. The van der Waals surface area contributed by atoms with E-state index in [0.29, 0.717) is 53.6 Å². The molecule has 3 aliphatic heterocycles. The minimum Gasteiger partial charge on any atom is -0.465 e. The molecule has 2 aromatic heterocycles. The van der Waals surface area contributed by atoms with E-state index < -0.39 is 31.6 Å². The predicted octanol–water partition coefficient (Wildman–Crippen LogP) is 6.92. The summed E-state index contributed by atoms with van der Waals surface area (Å²) in [5.41, 5.74) is 1.61. The van der Waals surface area contributed by atoms with Crippen molar-refractivity contribution in [3.8, 4) is 5.75 Å². The van der Waals surface area contributed by atoms with Crippen molar-refractivity contribution in [3.63, 3.8) is 0 Å². The molecule has 4 aromatic rings. The molecule has 5 heterocycles. The van der Waals surface area contributed by atoms with Crippen LogP contribution >= 0.6 is 30.5 Å². The van der Waals surface area contributed by atoms with Gasteiger partial charge in [0.15, 0.2) is 0 Å². The van der Waals surface area contributed by atoms with Gasteiger partial charge in [-0.15, -0.1) is 11.3 Å². The largest absolute Gasteiger partial charge is 0.465 e. The Hall–Kier alpha value is -4.29. The molecule has 290 valence electrons. The first-order valence-corrected chi connectivity index (χ1v) is 21.8. The molecule has 3 amide bonds. The van der Waals surface area contributed by atoms with E-state index in [-0.39, 0.29) is 42.5 Å². The maximum absolute atomic E-state index is 14.3. The Morgan fingerprint density at radius 3 is 2.62 bits per heavy atom. The van der Waals surface area contributed by atoms with Crippen LogP contribution in [0.25, 0.3) is 10.1 Å². The van der Waals surface area contributed by atoms with Gasteiger partial charge in [0, 0.05) is 47.2 Å². The number of pyridine rings is 1. The first-order chi connectivity index (χ1) is 26.5. The van der Waals surface area contributed by atoms with Gasteiger partial charge in [0.2, 0.25) is 11.8 Å². The van der Waals surface area contributed by atoms with Crippen molar-refractivity contribution in [2.75, 3.05) is 19.7 Å². The van der Waals surface area contributed by atoms with Gasteiger partial charge in [0.05, 0.1) is 17.6 Å². The van der Waals surface area contributed by atoms with Crippen molar-refractivity contribution in [3.05, 3.63) is 94.1 Å². The van der Waals surface area contributed by atoms with Crippen LogP contribution in [-0.4, -0.2) is 82.3 Å². The number of hydrogen-bond donors (Lipinski definition) is 2. The van der Waals surface area contributed by atoms with Gasteiger partial charge in [0.1, 0.15) is 23.9 Å². The highest BCUT2D eigenvalue weighted by Crippen LogP contribution is 2.47. The zero-order chi connectivity index (χ0) is 38.7. The number of para-hydroxylation sites is 1. The molecule has 55 heavy (non-hydrogen) atoms. The highest BCUT2D eigenvalue weighted by atomic mass is 35.5. The molecule has 2 aromatic carbocycles. The van der Waals surface area contributed by atoms with Crippen LogP contribution < -0.4 is 14.9 Å². The Morgan fingerprint density at radius 2 is 1.85 bits per heavy atom. The second-order valence-corrected chi connectivity index (χ2v) is 18.1. The monoisotopic (exact) mass is 805 g/mol. The molecule has 0 radical (unpaired) electrons. The van der Waals surface area contributed by atoms with Crippen molar-refractivity contribution in [2.24, 2.45) is 0 Å². The van der Waals surface area contributed by atoms with Gasteiger partial charge in [-0.25, -0.2) is 5.09 Å². The highest BCUT2D eigenvalue weighted by Gasteiger charge is 2.47. The zero-order valence-corrected chi connectivity index (χ0v) is 33.3. The van der Waals surface area contributed by atoms with E-state index in [0.717, 1.165) is 34.9 Å². The lowest BCUT2D eigenvalue weighted by Crippen LogP contribution is -2.58. The van der Waals surface area contributed by atoms with E-state index in [1.165, 1.54) is 11.3 Å². The summed E-state index contributed by atoms with van der Waals surface area (Å²) in [6.45, 7) is 4.81. The quantitative estimate of drug-likeness (QED) is 0.109. The average molecular weight is 806 g/mol. The number of aromatic nitrogens is 1. The number of rotatable bonds is 13. The van der Waals surface area contributed by atoms with Crippen LogP contribution in [0.4, 0.5) is 0 Å². The number of fused-ring (bicyclic) bond motifs is 2. The molecular weight excluding hydrogens is 761 g/mol. The smallest absolute Gasteiger partial charge is 0.323 e. The minimum atomic E-state index is -3.68. The lowest BCUT2D eigenvalue weighted by molar-refractivity contribution is -0.148. The fraction of sp³-hybridized carbons (Fsp3) is 0.425. The van der Waals surface area contributed by atoms with Gasteiger partial charge in [-0.3, -0.25) is 28.7 Å². The van der Waals surface area contributed by atoms with E-state index in [9.17, 15) is 23.7 Å². The number of thiophene rings is 1. The van der Waals surface area contributed by atoms with E-state index >= 15 is 0 Å². The third-order valence-electron chi connectivity index (χ3n) is 10.5. The molecule has 3 saturated heterocycles. The number of likely N-dealkylation sites (tertiary alicyclic amines) is 1. The van der Waals surface area contributed by atoms with E-state index in [1.54, 1.807) is 65.5 Å². The molecule has 15 heteroatoms. The van der Waals surface area contributed by atoms with Crippen molar-refractivity contribution in [1.82, 2.24) is 25.2 Å². The second kappa shape index (κ2) is 16.8. The Labute approximate surface area is 329 Å². The molecule has 7 rings (SSSR count). The number of nitrogens with zero attached hydrogens (tertiary/aromatic N) is 3. The summed E-state index contributed by atoms with van der Waals surface area (Å²) in [5, 5.41) is 7.30. The molecule has 12 nitrogen and oxygen atoms in total. The van der Waals surface area contributed by atoms with Gasteiger partial charge >= 0.3 is 13.5 Å². The molecule has 3 fully saturated rings. The number of carbonyl (C=O) groups is 4. The number of esters is 1. The number of hydrogen-bond acceptors (Lipinski definition) is 9. The SMILES string of the molecule is CCCOC(=O)[C@H](C)NP(=O)(Cc1ccc2sc(C(=O)N[C@H]3CCC[C@H]4CC[C@@H](C(=O)N5CC(c6cnccc6Cl)C5)N4C3=O)cc2c1)Oc1ccccc1. The van der Waals surface area contributed by atoms with Crippen molar-refractivity contribution < 1.29 is 33.0 Å². The fourth-order valence-corrected chi connectivity index (χ4v) is 10.9. The molecule has 2 N–H and O–H groups in total. The zero-order valence-electron chi connectivity index (χ0n) is 30.8. The summed E-state index contributed by atoms with van der Waals surface area (Å²) < 4.78 is 26.4. The average Bonchev–Trinajstić information content (AvgIpc) is 3.74. The Bertz CT molecular complexity index is 2110. The van der Waals surface area contributed by atoms with E-state index in [1.807, 2.05) is 31.2 Å². The lowest BCUT2D eigenvalue weighted by Gasteiger charge is -2.42. The highest BCUT2D eigenvalue weighted by molar-refractivity contribution is 7.56. The number of carbonyl (C=O) groups excluding carboxylic acids is 4. The molecule has 0 aliphatic carbocycles. The summed E-state index contributed by atoms with van der Waals surface area (Å²) in [6.07, 6.45) is 7.43. The van der Waals surface area contributed by atoms with Crippen LogP contribution in [-0.2, 0) is 29.8 Å². The van der Waals surface area contributed by atoms with Crippen LogP contribution in [0.5, 0.6) is 5.75 Å². The van der Waals surface area contributed by atoms with Crippen LogP contribution in [0.3, 0.4) is 0 Å². The number of benzene rings is 2. The van der Waals surface area contributed by atoms with Crippen LogP contribution in [0, 0.1) is 0 Å². The molecule has 3 aliphatic rings. The minimum absolute atomic E-state index is 0.0244. The summed E-state index contributed by atoms with van der Waals surface area (Å²) in [6, 6.07) is 15.6. The number of ether oxygens (including phenoxy) is 1. The molecular formula is C40H45ClN5O7PS.